The second-order valence-corrected chi connectivity index (χ2v) is 26.9. The molecule has 0 radical (unpaired) electrons. The lowest BCUT2D eigenvalue weighted by atomic mass is 9.95. The van der Waals surface area contributed by atoms with Crippen molar-refractivity contribution in [2.45, 2.75) is 159 Å². The number of carbonyl (C=O) groups excluding carboxylic acids is 1. The van der Waals surface area contributed by atoms with Crippen LogP contribution < -0.4 is 14.4 Å². The molecule has 5 aliphatic heterocycles. The number of piperazine rings is 1. The molecule has 2 aromatic carbocycles. The molecule has 0 unspecified atom stereocenters. The Bertz CT molecular complexity index is 2590. The summed E-state index contributed by atoms with van der Waals surface area (Å²) in [6, 6.07) is 6.01. The number of halogens is 3. The molecule has 66 heavy (non-hydrogen) atoms. The number of pyridine rings is 1. The van der Waals surface area contributed by atoms with Gasteiger partial charge in [-0.3, -0.25) is 9.80 Å². The van der Waals surface area contributed by atoms with E-state index in [2.05, 4.69) is 62.8 Å². The lowest BCUT2D eigenvalue weighted by Gasteiger charge is -2.47. The maximum Gasteiger partial charge on any atom is 0.410 e. The van der Waals surface area contributed by atoms with Gasteiger partial charge in [0.05, 0.1) is 40.3 Å². The van der Waals surface area contributed by atoms with Gasteiger partial charge in [0.2, 0.25) is 0 Å². The molecular formula is C51H65F3N6O5Si. The third-order valence-electron chi connectivity index (χ3n) is 15.3. The van der Waals surface area contributed by atoms with Gasteiger partial charge in [-0.2, -0.15) is 9.97 Å². The van der Waals surface area contributed by atoms with Crippen molar-refractivity contribution in [3.63, 3.8) is 0 Å². The van der Waals surface area contributed by atoms with E-state index in [0.717, 1.165) is 32.2 Å². The number of amides is 1. The number of rotatable bonds is 10. The molecule has 4 aromatic rings. The average molecular weight is 927 g/mol. The normalized spacial score (nSPS) is 24.0. The topological polar surface area (TPSA) is 102 Å². The summed E-state index contributed by atoms with van der Waals surface area (Å²) < 4.78 is 73.5. The Balaban J connectivity index is 1.25. The minimum atomic E-state index is -2.34. The van der Waals surface area contributed by atoms with E-state index < -0.39 is 37.0 Å². The number of anilines is 1. The van der Waals surface area contributed by atoms with Crippen LogP contribution in [0.4, 0.5) is 23.8 Å². The Morgan fingerprint density at radius 2 is 1.71 bits per heavy atom. The highest BCUT2D eigenvalue weighted by Crippen LogP contribution is 2.47. The van der Waals surface area contributed by atoms with E-state index in [-0.39, 0.29) is 60.4 Å². The van der Waals surface area contributed by atoms with Gasteiger partial charge in [0, 0.05) is 37.6 Å². The largest absolute Gasteiger partial charge is 0.468 e. The number of ether oxygens (including phenoxy) is 4. The molecule has 2 bridgehead atoms. The SMILES string of the molecule is COCOc1cc(-c2nc3c4c(nc(OC[C@@]56CCCN5C[C@H](F)C6)nc4c2F)N2C[C@H]4CC[C@@H]([C@H]2CC3)N4C(=O)OC(C)(C)C)c2c(C#C[Si](C(C)C)(C(C)C)C(C)C)c(F)ccc2c1. The number of nitrogens with zero attached hydrogens (tertiary/aromatic N) is 6. The van der Waals surface area contributed by atoms with Crippen molar-refractivity contribution in [2.75, 3.05) is 45.0 Å². The van der Waals surface area contributed by atoms with Crippen molar-refractivity contribution in [2.24, 2.45) is 0 Å². The van der Waals surface area contributed by atoms with E-state index in [1.165, 1.54) is 13.2 Å². The summed E-state index contributed by atoms with van der Waals surface area (Å²) in [6.45, 7) is 20.6. The minimum absolute atomic E-state index is 0.0115. The van der Waals surface area contributed by atoms with E-state index in [1.807, 2.05) is 25.7 Å². The number of aryl methyl sites for hydroxylation is 1. The Hall–Kier alpha value is -4.65. The lowest BCUT2D eigenvalue weighted by molar-refractivity contribution is 0.00720. The van der Waals surface area contributed by atoms with Crippen LogP contribution in [0.15, 0.2) is 24.3 Å². The standard InChI is InChI=1S/C51H65F3N6O5Si/c1-29(2)66(30(3)4,31(5)6)21-18-36-38(53)14-12-32-22-35(64-28-62-10)23-37(42(32)36)45-44(54)46-43-39(55-45)15-17-40-41-16-13-34(60(41)49(61)65-50(7,8)9)26-59(40)47(43)57-48(56-46)63-27-51-19-11-20-58(51)25-33(52)24-51/h12,14,22-23,29-31,33-34,40-41H,11,13,15-17,19-20,24-28H2,1-10H3/t33-,34-,40-,41+,51+/m1/s1. The van der Waals surface area contributed by atoms with E-state index in [9.17, 15) is 9.18 Å². The van der Waals surface area contributed by atoms with Crippen molar-refractivity contribution in [3.8, 4) is 34.5 Å². The summed E-state index contributed by atoms with van der Waals surface area (Å²) in [5, 5.41) is 1.51. The molecule has 0 spiro atoms. The molecule has 354 valence electrons. The van der Waals surface area contributed by atoms with Crippen LogP contribution in [-0.4, -0.2) is 114 Å². The first kappa shape index (κ1) is 46.5. The first-order valence-electron chi connectivity index (χ1n) is 24.0. The van der Waals surface area contributed by atoms with Gasteiger partial charge in [0.15, 0.2) is 12.6 Å². The monoisotopic (exact) mass is 926 g/mol. The van der Waals surface area contributed by atoms with Crippen molar-refractivity contribution in [3.05, 3.63) is 47.2 Å². The number of methoxy groups -OCH3 is 1. The molecule has 5 atom stereocenters. The number of alkyl halides is 1. The zero-order valence-corrected chi connectivity index (χ0v) is 41.2. The van der Waals surface area contributed by atoms with Crippen LogP contribution in [-0.2, 0) is 15.9 Å². The Kier molecular flexibility index (Phi) is 12.3. The zero-order chi connectivity index (χ0) is 47.0. The van der Waals surface area contributed by atoms with E-state index >= 15 is 8.78 Å². The van der Waals surface area contributed by atoms with Crippen LogP contribution in [0.5, 0.6) is 11.8 Å². The van der Waals surface area contributed by atoms with Gasteiger partial charge in [0.25, 0.3) is 0 Å². The van der Waals surface area contributed by atoms with Crippen molar-refractivity contribution < 1.29 is 36.9 Å². The van der Waals surface area contributed by atoms with Crippen LogP contribution in [0.3, 0.4) is 0 Å². The van der Waals surface area contributed by atoms with E-state index in [4.69, 9.17) is 33.9 Å². The molecule has 11 nitrogen and oxygen atoms in total. The number of benzene rings is 2. The lowest BCUT2D eigenvalue weighted by Crippen LogP contribution is -2.62. The summed E-state index contributed by atoms with van der Waals surface area (Å²) >= 11 is 0. The van der Waals surface area contributed by atoms with Crippen LogP contribution >= 0.6 is 0 Å². The van der Waals surface area contributed by atoms with Gasteiger partial charge in [0.1, 0.15) is 55.0 Å². The fourth-order valence-electron chi connectivity index (χ4n) is 12.5. The summed E-state index contributed by atoms with van der Waals surface area (Å²) in [6.07, 6.45) is 3.34. The van der Waals surface area contributed by atoms with E-state index in [0.29, 0.717) is 88.0 Å². The summed E-state index contributed by atoms with van der Waals surface area (Å²) in [5.41, 5.74) is 4.51. The highest BCUT2D eigenvalue weighted by atomic mass is 28.3. The third-order valence-corrected chi connectivity index (χ3v) is 21.6. The third kappa shape index (κ3) is 7.96. The highest BCUT2D eigenvalue weighted by molar-refractivity contribution is 6.90. The van der Waals surface area contributed by atoms with Gasteiger partial charge in [-0.05, 0) is 106 Å². The molecule has 4 saturated heterocycles. The van der Waals surface area contributed by atoms with Gasteiger partial charge >= 0.3 is 12.1 Å². The first-order chi connectivity index (χ1) is 31.4. The fourth-order valence-corrected chi connectivity index (χ4v) is 17.7. The van der Waals surface area contributed by atoms with Gasteiger partial charge < -0.3 is 23.8 Å². The van der Waals surface area contributed by atoms with Crippen LogP contribution in [0.25, 0.3) is 32.9 Å². The molecule has 7 heterocycles. The number of carbonyl (C=O) groups is 1. The molecule has 4 fully saturated rings. The van der Waals surface area contributed by atoms with Gasteiger partial charge in [-0.25, -0.2) is 22.9 Å². The number of fused-ring (bicyclic) bond motifs is 7. The van der Waals surface area contributed by atoms with Crippen LogP contribution in [0.2, 0.25) is 16.6 Å². The fraction of sp³-hybridized carbons (Fsp3) is 0.608. The molecule has 5 aliphatic rings. The predicted molar refractivity (Wildman–Crippen MR) is 254 cm³/mol. The van der Waals surface area contributed by atoms with Crippen molar-refractivity contribution >= 4 is 41.7 Å². The average Bonchev–Trinajstić information content (AvgIpc) is 3.86. The molecule has 1 amide bonds. The van der Waals surface area contributed by atoms with Crippen molar-refractivity contribution in [1.29, 1.82) is 0 Å². The minimum Gasteiger partial charge on any atom is -0.468 e. The molecular weight excluding hydrogens is 862 g/mol. The number of hydrogen-bond donors (Lipinski definition) is 0. The quantitative estimate of drug-likeness (QED) is 0.0868. The maximum absolute atomic E-state index is 18.2. The first-order valence-corrected chi connectivity index (χ1v) is 26.2. The number of hydrogen-bond acceptors (Lipinski definition) is 10. The number of aromatic nitrogens is 3. The van der Waals surface area contributed by atoms with Crippen LogP contribution in [0, 0.1) is 23.1 Å². The van der Waals surface area contributed by atoms with Gasteiger partial charge in [-0.15, -0.1) is 5.54 Å². The summed E-state index contributed by atoms with van der Waals surface area (Å²) in [7, 11) is -0.823. The second kappa shape index (κ2) is 17.5. The maximum atomic E-state index is 18.2. The Morgan fingerprint density at radius 3 is 2.42 bits per heavy atom. The highest BCUT2D eigenvalue weighted by Gasteiger charge is 2.52. The van der Waals surface area contributed by atoms with Gasteiger partial charge in [-0.1, -0.05) is 53.5 Å². The molecule has 9 rings (SSSR count). The van der Waals surface area contributed by atoms with Crippen molar-refractivity contribution in [1.82, 2.24) is 24.8 Å². The Morgan fingerprint density at radius 1 is 0.955 bits per heavy atom. The second-order valence-electron chi connectivity index (χ2n) is 21.3. The predicted octanol–water partition coefficient (Wildman–Crippen LogP) is 10.5. The summed E-state index contributed by atoms with van der Waals surface area (Å²) in [4.78, 5) is 35.2. The zero-order valence-electron chi connectivity index (χ0n) is 40.2. The molecule has 2 aromatic heterocycles. The van der Waals surface area contributed by atoms with Crippen LogP contribution in [0.1, 0.15) is 112 Å². The van der Waals surface area contributed by atoms with E-state index in [1.54, 1.807) is 18.2 Å². The molecule has 0 aliphatic carbocycles. The summed E-state index contributed by atoms with van der Waals surface area (Å²) in [5.74, 6) is 3.03. The molecule has 15 heteroatoms. The smallest absolute Gasteiger partial charge is 0.410 e. The Labute approximate surface area is 388 Å². The molecule has 0 saturated carbocycles. The molecule has 0 N–H and O–H groups in total.